The van der Waals surface area contributed by atoms with Gasteiger partial charge < -0.3 is 10.2 Å². The van der Waals surface area contributed by atoms with E-state index < -0.39 is 16.1 Å². The largest absolute Gasteiger partial charge is 0.396 e. The van der Waals surface area contributed by atoms with E-state index in [0.717, 1.165) is 15.1 Å². The maximum Gasteiger partial charge on any atom is 0.250 e. The second kappa shape index (κ2) is 6.08. The topological polar surface area (TPSA) is 86.6 Å². The monoisotopic (exact) mass is 329 g/mol. The van der Waals surface area contributed by atoms with Crippen molar-refractivity contribution < 1.29 is 18.6 Å². The molecule has 0 radical (unpaired) electrons. The summed E-state index contributed by atoms with van der Waals surface area (Å²) >= 11 is 4.27. The predicted molar refractivity (Wildman–Crippen MR) is 64.9 cm³/mol. The van der Waals surface area contributed by atoms with Crippen LogP contribution >= 0.6 is 27.3 Å². The molecule has 1 atom stereocenters. The summed E-state index contributed by atoms with van der Waals surface area (Å²) in [5.74, 6) is 0. The van der Waals surface area contributed by atoms with Gasteiger partial charge in [-0.15, -0.1) is 11.3 Å². The Kier molecular flexibility index (Phi) is 5.35. The van der Waals surface area contributed by atoms with Crippen molar-refractivity contribution in [3.05, 3.63) is 15.9 Å². The summed E-state index contributed by atoms with van der Waals surface area (Å²) in [6.07, 6.45) is -0.723. The van der Waals surface area contributed by atoms with Crippen LogP contribution in [0.25, 0.3) is 0 Å². The summed E-state index contributed by atoms with van der Waals surface area (Å²) in [6.45, 7) is -0.272. The van der Waals surface area contributed by atoms with Gasteiger partial charge in [0, 0.05) is 13.2 Å². The molecule has 0 saturated carbocycles. The van der Waals surface area contributed by atoms with Crippen molar-refractivity contribution in [3.8, 4) is 0 Å². The quantitative estimate of drug-likeness (QED) is 0.710. The van der Waals surface area contributed by atoms with E-state index in [1.54, 1.807) is 6.07 Å². The van der Waals surface area contributed by atoms with Crippen LogP contribution in [0, 0.1) is 0 Å². The lowest BCUT2D eigenvalue weighted by Crippen LogP contribution is -2.32. The number of hydrogen-bond acceptors (Lipinski definition) is 5. The molecular formula is C8H12BrNO4S2. The number of aliphatic hydroxyl groups excluding tert-OH is 2. The Morgan fingerprint density at radius 2 is 2.19 bits per heavy atom. The molecule has 0 amide bonds. The SMILES string of the molecule is O=S(=O)(NC[C@H](O)CCO)c1ccc(Br)s1. The molecular weight excluding hydrogens is 318 g/mol. The molecule has 0 bridgehead atoms. The number of hydrogen-bond donors (Lipinski definition) is 3. The summed E-state index contributed by atoms with van der Waals surface area (Å²) < 4.78 is 26.5. The molecule has 0 aromatic carbocycles. The smallest absolute Gasteiger partial charge is 0.250 e. The first kappa shape index (κ1) is 14.1. The second-order valence-electron chi connectivity index (χ2n) is 3.08. The van der Waals surface area contributed by atoms with Gasteiger partial charge in [-0.05, 0) is 34.5 Å². The third kappa shape index (κ3) is 4.11. The molecule has 3 N–H and O–H groups in total. The number of thiophene rings is 1. The lowest BCUT2D eigenvalue weighted by atomic mass is 10.3. The summed E-state index contributed by atoms with van der Waals surface area (Å²) in [5.41, 5.74) is 0. The van der Waals surface area contributed by atoms with Gasteiger partial charge in [-0.3, -0.25) is 0 Å². The molecule has 8 heteroatoms. The summed E-state index contributed by atoms with van der Waals surface area (Å²) in [6, 6.07) is 3.12. The first-order valence-electron chi connectivity index (χ1n) is 4.49. The number of aliphatic hydroxyl groups is 2. The molecule has 0 saturated heterocycles. The zero-order valence-corrected chi connectivity index (χ0v) is 11.5. The van der Waals surface area contributed by atoms with Gasteiger partial charge in [0.1, 0.15) is 4.21 Å². The molecule has 0 aliphatic heterocycles. The van der Waals surface area contributed by atoms with Crippen molar-refractivity contribution in [1.29, 1.82) is 0 Å². The lowest BCUT2D eigenvalue weighted by Gasteiger charge is -2.09. The highest BCUT2D eigenvalue weighted by atomic mass is 79.9. The lowest BCUT2D eigenvalue weighted by molar-refractivity contribution is 0.136. The number of sulfonamides is 1. The van der Waals surface area contributed by atoms with Crippen molar-refractivity contribution in [2.75, 3.05) is 13.2 Å². The average molecular weight is 330 g/mol. The number of rotatable bonds is 6. The van der Waals surface area contributed by atoms with Gasteiger partial charge in [0.15, 0.2) is 0 Å². The second-order valence-corrected chi connectivity index (χ2v) is 7.53. The van der Waals surface area contributed by atoms with Crippen molar-refractivity contribution >= 4 is 37.3 Å². The highest BCUT2D eigenvalue weighted by Gasteiger charge is 2.17. The highest BCUT2D eigenvalue weighted by Crippen LogP contribution is 2.25. The minimum Gasteiger partial charge on any atom is -0.396 e. The van der Waals surface area contributed by atoms with Crippen molar-refractivity contribution in [2.24, 2.45) is 0 Å². The average Bonchev–Trinajstić information content (AvgIpc) is 2.63. The van der Waals surface area contributed by atoms with Gasteiger partial charge in [0.25, 0.3) is 0 Å². The molecule has 1 aromatic rings. The van der Waals surface area contributed by atoms with Crippen molar-refractivity contribution in [3.63, 3.8) is 0 Å². The molecule has 1 rings (SSSR count). The van der Waals surface area contributed by atoms with Crippen molar-refractivity contribution in [1.82, 2.24) is 4.72 Å². The fourth-order valence-corrected chi connectivity index (χ4v) is 4.10. The number of halogens is 1. The van der Waals surface area contributed by atoms with E-state index in [4.69, 9.17) is 5.11 Å². The Hall–Kier alpha value is 0.01000. The maximum atomic E-state index is 11.7. The fourth-order valence-electron chi connectivity index (χ4n) is 0.970. The van der Waals surface area contributed by atoms with E-state index in [0.29, 0.717) is 0 Å². The molecule has 0 unspecified atom stereocenters. The third-order valence-electron chi connectivity index (χ3n) is 1.78. The molecule has 92 valence electrons. The van der Waals surface area contributed by atoms with E-state index in [2.05, 4.69) is 20.7 Å². The fraction of sp³-hybridized carbons (Fsp3) is 0.500. The Balaban J connectivity index is 2.59. The summed E-state index contributed by atoms with van der Waals surface area (Å²) in [7, 11) is -3.56. The van der Waals surface area contributed by atoms with Crippen LogP contribution < -0.4 is 4.72 Å². The van der Waals surface area contributed by atoms with Crippen molar-refractivity contribution in [2.45, 2.75) is 16.7 Å². The Labute approximate surface area is 106 Å². The zero-order valence-electron chi connectivity index (χ0n) is 8.26. The van der Waals surface area contributed by atoms with Gasteiger partial charge in [-0.25, -0.2) is 13.1 Å². The van der Waals surface area contributed by atoms with Gasteiger partial charge in [0.2, 0.25) is 10.0 Å². The highest BCUT2D eigenvalue weighted by molar-refractivity contribution is 9.11. The standard InChI is InChI=1S/C8H12BrNO4S2/c9-7-1-2-8(15-7)16(13,14)10-5-6(12)3-4-11/h1-2,6,10-12H,3-5H2/t6-/m1/s1. The van der Waals surface area contributed by atoms with E-state index >= 15 is 0 Å². The van der Waals surface area contributed by atoms with Gasteiger partial charge >= 0.3 is 0 Å². The van der Waals surface area contributed by atoms with Crippen LogP contribution in [0.15, 0.2) is 20.1 Å². The number of nitrogens with one attached hydrogen (secondary N) is 1. The maximum absolute atomic E-state index is 11.7. The van der Waals surface area contributed by atoms with Gasteiger partial charge in [0.05, 0.1) is 9.89 Å². The third-order valence-corrected chi connectivity index (χ3v) is 5.32. The normalized spacial score (nSPS) is 13.9. The molecule has 0 spiro atoms. The summed E-state index contributed by atoms with van der Waals surface area (Å²) in [5, 5.41) is 17.8. The van der Waals surface area contributed by atoms with Crippen LogP contribution in [-0.4, -0.2) is 37.9 Å². The van der Waals surface area contributed by atoms with E-state index in [-0.39, 0.29) is 23.8 Å². The first-order chi connectivity index (χ1) is 7.45. The zero-order chi connectivity index (χ0) is 12.2. The van der Waals surface area contributed by atoms with Crippen LogP contribution in [0.3, 0.4) is 0 Å². The molecule has 0 fully saturated rings. The van der Waals surface area contributed by atoms with Crippen LogP contribution in [-0.2, 0) is 10.0 Å². The van der Waals surface area contributed by atoms with Gasteiger partial charge in [-0.2, -0.15) is 0 Å². The molecule has 16 heavy (non-hydrogen) atoms. The molecule has 0 aliphatic rings. The van der Waals surface area contributed by atoms with Crippen LogP contribution in [0.2, 0.25) is 0 Å². The molecule has 1 aromatic heterocycles. The van der Waals surface area contributed by atoms with Gasteiger partial charge in [-0.1, -0.05) is 0 Å². The summed E-state index contributed by atoms with van der Waals surface area (Å²) in [4.78, 5) is 0. The Morgan fingerprint density at radius 3 is 2.69 bits per heavy atom. The Morgan fingerprint density at radius 1 is 1.50 bits per heavy atom. The van der Waals surface area contributed by atoms with Crippen LogP contribution in [0.1, 0.15) is 6.42 Å². The predicted octanol–water partition coefficient (Wildman–Crippen LogP) is 0.532. The van der Waals surface area contributed by atoms with E-state index in [9.17, 15) is 13.5 Å². The minimum atomic E-state index is -3.56. The first-order valence-corrected chi connectivity index (χ1v) is 7.59. The molecule has 5 nitrogen and oxygen atoms in total. The van der Waals surface area contributed by atoms with E-state index in [1.807, 2.05) is 0 Å². The van der Waals surface area contributed by atoms with Crippen LogP contribution in [0.4, 0.5) is 0 Å². The molecule has 0 aliphatic carbocycles. The van der Waals surface area contributed by atoms with E-state index in [1.165, 1.54) is 6.07 Å². The minimum absolute atomic E-state index is 0.0988. The van der Waals surface area contributed by atoms with Crippen LogP contribution in [0.5, 0.6) is 0 Å². The Bertz CT molecular complexity index is 431. The molecule has 1 heterocycles.